The normalized spacial score (nSPS) is 15.0. The first-order chi connectivity index (χ1) is 8.23. The van der Waals surface area contributed by atoms with E-state index in [2.05, 4.69) is 21.2 Å². The Morgan fingerprint density at radius 1 is 1.28 bits per heavy atom. The molecule has 0 spiro atoms. The Balaban J connectivity index is 2.91. The first-order valence-electron chi connectivity index (χ1n) is 5.91. The van der Waals surface area contributed by atoms with Gasteiger partial charge in [-0.05, 0) is 18.1 Å². The Hall–Kier alpha value is -0.540. The zero-order chi connectivity index (χ0) is 13.9. The lowest BCUT2D eigenvalue weighted by atomic mass is 9.94. The number of alkyl halides is 2. The molecular formula is C14H19BrClNO. The lowest BCUT2D eigenvalue weighted by molar-refractivity contribution is -0.129. The average Bonchev–Trinajstić information content (AvgIpc) is 2.27. The van der Waals surface area contributed by atoms with Gasteiger partial charge in [-0.1, -0.05) is 61.0 Å². The molecule has 0 aliphatic heterocycles. The van der Waals surface area contributed by atoms with E-state index in [0.717, 1.165) is 11.1 Å². The minimum atomic E-state index is -0.391. The van der Waals surface area contributed by atoms with Gasteiger partial charge in [-0.3, -0.25) is 4.79 Å². The largest absolute Gasteiger partial charge is 0.349 e. The zero-order valence-electron chi connectivity index (χ0n) is 11.1. The molecule has 0 saturated heterocycles. The molecular weight excluding hydrogens is 314 g/mol. The topological polar surface area (TPSA) is 29.1 Å². The fraction of sp³-hybridized carbons (Fsp3) is 0.500. The van der Waals surface area contributed by atoms with Gasteiger partial charge in [0.1, 0.15) is 4.29 Å². The first-order valence-corrected chi connectivity index (χ1v) is 7.26. The minimum absolute atomic E-state index is 0.0329. The van der Waals surface area contributed by atoms with Crippen LogP contribution in [0.25, 0.3) is 0 Å². The predicted molar refractivity (Wildman–Crippen MR) is 80.0 cm³/mol. The third-order valence-corrected chi connectivity index (χ3v) is 3.45. The van der Waals surface area contributed by atoms with Gasteiger partial charge in [-0.25, -0.2) is 0 Å². The van der Waals surface area contributed by atoms with E-state index in [4.69, 9.17) is 11.6 Å². The number of nitrogens with one attached hydrogen (secondary N) is 1. The van der Waals surface area contributed by atoms with Gasteiger partial charge in [0.15, 0.2) is 0 Å². The van der Waals surface area contributed by atoms with Gasteiger partial charge in [0.25, 0.3) is 0 Å². The number of amides is 1. The fourth-order valence-corrected chi connectivity index (χ4v) is 2.21. The number of halogens is 2. The molecule has 1 rings (SSSR count). The molecule has 4 heteroatoms. The third kappa shape index (κ3) is 3.99. The van der Waals surface area contributed by atoms with Crippen LogP contribution >= 0.6 is 27.5 Å². The summed E-state index contributed by atoms with van der Waals surface area (Å²) in [6, 6.07) is 7.77. The molecule has 0 heterocycles. The second-order valence-electron chi connectivity index (χ2n) is 5.37. The van der Waals surface area contributed by atoms with E-state index >= 15 is 0 Å². The van der Waals surface area contributed by atoms with E-state index in [1.54, 1.807) is 0 Å². The number of hydrogen-bond donors (Lipinski definition) is 1. The van der Waals surface area contributed by atoms with Crippen molar-refractivity contribution in [3.63, 3.8) is 0 Å². The highest BCUT2D eigenvalue weighted by molar-refractivity contribution is 9.09. The molecule has 100 valence electrons. The van der Waals surface area contributed by atoms with Crippen LogP contribution in [0.4, 0.5) is 0 Å². The summed E-state index contributed by atoms with van der Waals surface area (Å²) >= 11 is 9.44. The lowest BCUT2D eigenvalue weighted by Gasteiger charge is -2.24. The molecule has 0 radical (unpaired) electrons. The molecule has 0 bridgehead atoms. The Morgan fingerprint density at radius 2 is 1.78 bits per heavy atom. The van der Waals surface area contributed by atoms with Gasteiger partial charge in [0, 0.05) is 5.41 Å². The molecule has 0 aliphatic carbocycles. The van der Waals surface area contributed by atoms with Crippen LogP contribution in [-0.2, 0) is 4.79 Å². The highest BCUT2D eigenvalue weighted by atomic mass is 79.9. The zero-order valence-corrected chi connectivity index (χ0v) is 13.5. The van der Waals surface area contributed by atoms with Crippen LogP contribution in [-0.4, -0.2) is 5.91 Å². The Bertz CT molecular complexity index is 426. The Morgan fingerprint density at radius 3 is 2.22 bits per heavy atom. The van der Waals surface area contributed by atoms with E-state index in [9.17, 15) is 4.79 Å². The molecule has 1 aromatic carbocycles. The summed E-state index contributed by atoms with van der Waals surface area (Å²) in [5.41, 5.74) is 1.63. The Labute approximate surface area is 122 Å². The standard InChI is InChI=1S/C14H19BrClNO/c1-9(17-13(18)14(2,3)4)10-7-5-6-8-11(10)12(15)16/h5-9,12H,1-4H3,(H,17,18)/t9-,12?/m1/s1. The second kappa shape index (κ2) is 6.07. The Kier molecular flexibility index (Phi) is 5.23. The average molecular weight is 333 g/mol. The lowest BCUT2D eigenvalue weighted by Crippen LogP contribution is -2.36. The number of carbonyl (C=O) groups is 1. The molecule has 2 nitrogen and oxygen atoms in total. The summed E-state index contributed by atoms with van der Waals surface area (Å²) in [6.45, 7) is 7.66. The van der Waals surface area contributed by atoms with Crippen LogP contribution in [0.1, 0.15) is 49.2 Å². The summed E-state index contributed by atoms with van der Waals surface area (Å²) in [7, 11) is 0. The molecule has 2 atom stereocenters. The van der Waals surface area contributed by atoms with E-state index < -0.39 is 5.41 Å². The van der Waals surface area contributed by atoms with Gasteiger partial charge in [0.05, 0.1) is 6.04 Å². The maximum atomic E-state index is 12.0. The SMILES string of the molecule is C[C@@H](NC(=O)C(C)(C)C)c1ccccc1C(Cl)Br. The van der Waals surface area contributed by atoms with E-state index in [1.807, 2.05) is 52.0 Å². The summed E-state index contributed by atoms with van der Waals surface area (Å²) in [5.74, 6) is 0.0329. The van der Waals surface area contributed by atoms with Crippen molar-refractivity contribution < 1.29 is 4.79 Å². The predicted octanol–water partition coefficient (Wildman–Crippen LogP) is 4.54. The van der Waals surface area contributed by atoms with Gasteiger partial charge >= 0.3 is 0 Å². The minimum Gasteiger partial charge on any atom is -0.349 e. The van der Waals surface area contributed by atoms with Gasteiger partial charge < -0.3 is 5.32 Å². The van der Waals surface area contributed by atoms with E-state index in [0.29, 0.717) is 0 Å². The fourth-order valence-electron chi connectivity index (χ4n) is 1.59. The molecule has 0 aliphatic rings. The van der Waals surface area contributed by atoms with Crippen molar-refractivity contribution in [2.45, 2.75) is 38.0 Å². The molecule has 0 saturated carbocycles. The van der Waals surface area contributed by atoms with Crippen LogP contribution in [0, 0.1) is 5.41 Å². The number of rotatable bonds is 3. The highest BCUT2D eigenvalue weighted by Gasteiger charge is 2.24. The summed E-state index contributed by atoms with van der Waals surface area (Å²) in [4.78, 5) is 12.0. The van der Waals surface area contributed by atoms with Crippen molar-refractivity contribution in [1.82, 2.24) is 5.32 Å². The molecule has 1 unspecified atom stereocenters. The number of benzene rings is 1. The molecule has 0 aromatic heterocycles. The quantitative estimate of drug-likeness (QED) is 0.809. The first kappa shape index (κ1) is 15.5. The highest BCUT2D eigenvalue weighted by Crippen LogP contribution is 2.32. The summed E-state index contributed by atoms with van der Waals surface area (Å²) in [5, 5.41) is 3.01. The number of hydrogen-bond acceptors (Lipinski definition) is 1. The van der Waals surface area contributed by atoms with Crippen LogP contribution < -0.4 is 5.32 Å². The van der Waals surface area contributed by atoms with Crippen molar-refractivity contribution >= 4 is 33.4 Å². The van der Waals surface area contributed by atoms with Crippen LogP contribution in [0.15, 0.2) is 24.3 Å². The monoisotopic (exact) mass is 331 g/mol. The van der Waals surface area contributed by atoms with E-state index in [1.165, 1.54) is 0 Å². The summed E-state index contributed by atoms with van der Waals surface area (Å²) in [6.07, 6.45) is 0. The smallest absolute Gasteiger partial charge is 0.225 e. The third-order valence-electron chi connectivity index (χ3n) is 2.73. The van der Waals surface area contributed by atoms with Gasteiger partial charge in [-0.15, -0.1) is 11.6 Å². The van der Waals surface area contributed by atoms with Crippen molar-refractivity contribution in [3.8, 4) is 0 Å². The maximum absolute atomic E-state index is 12.0. The molecule has 0 fully saturated rings. The van der Waals surface area contributed by atoms with Crippen LogP contribution in [0.2, 0.25) is 0 Å². The molecule has 1 N–H and O–H groups in total. The molecule has 1 amide bonds. The molecule has 1 aromatic rings. The summed E-state index contributed by atoms with van der Waals surface area (Å²) < 4.78 is -0.248. The second-order valence-corrected chi connectivity index (χ2v) is 7.25. The number of carbonyl (C=O) groups excluding carboxylic acids is 1. The van der Waals surface area contributed by atoms with E-state index in [-0.39, 0.29) is 16.2 Å². The van der Waals surface area contributed by atoms with Crippen molar-refractivity contribution in [2.24, 2.45) is 5.41 Å². The van der Waals surface area contributed by atoms with Gasteiger partial charge in [-0.2, -0.15) is 0 Å². The maximum Gasteiger partial charge on any atom is 0.225 e. The molecule has 18 heavy (non-hydrogen) atoms. The van der Waals surface area contributed by atoms with Crippen molar-refractivity contribution in [3.05, 3.63) is 35.4 Å². The van der Waals surface area contributed by atoms with Crippen LogP contribution in [0.5, 0.6) is 0 Å². The van der Waals surface area contributed by atoms with Gasteiger partial charge in [0.2, 0.25) is 5.91 Å². The van der Waals surface area contributed by atoms with Crippen molar-refractivity contribution in [1.29, 1.82) is 0 Å². The van der Waals surface area contributed by atoms with Crippen LogP contribution in [0.3, 0.4) is 0 Å². The van der Waals surface area contributed by atoms with Crippen molar-refractivity contribution in [2.75, 3.05) is 0 Å².